The molecule has 0 N–H and O–H groups in total. The molecular weight excluding hydrogens is 551 g/mol. The van der Waals surface area contributed by atoms with Gasteiger partial charge in [-0.05, 0) is 111 Å². The molecule has 2 heterocycles. The fraction of sp³-hybridized carbons (Fsp3) is 0.514. The lowest BCUT2D eigenvalue weighted by atomic mass is 9.49. The summed E-state index contributed by atoms with van der Waals surface area (Å²) in [6, 6.07) is 15.5. The molecule has 2 aromatic carbocycles. The van der Waals surface area contributed by atoms with E-state index >= 15 is 4.39 Å². The number of carbonyl (C=O) groups excluding carboxylic acids is 1. The average molecular weight is 597 g/mol. The number of piperazine rings is 1. The molecule has 4 bridgehead atoms. The molecule has 8 rings (SSSR count). The van der Waals surface area contributed by atoms with Gasteiger partial charge in [0.2, 0.25) is 0 Å². The maximum absolute atomic E-state index is 15.1. The molecule has 44 heavy (non-hydrogen) atoms. The predicted octanol–water partition coefficient (Wildman–Crippen LogP) is 6.90. The summed E-state index contributed by atoms with van der Waals surface area (Å²) in [5.74, 6) is 3.26. The number of anilines is 1. The van der Waals surface area contributed by atoms with E-state index in [4.69, 9.17) is 4.74 Å². The van der Waals surface area contributed by atoms with Crippen LogP contribution in [0.4, 0.5) is 10.1 Å². The molecule has 0 atom stereocenters. The van der Waals surface area contributed by atoms with Gasteiger partial charge in [-0.2, -0.15) is 0 Å². The molecular formula is C37H45FN4O2. The Balaban J connectivity index is 0.915. The molecule has 1 saturated heterocycles. The number of halogens is 1. The van der Waals surface area contributed by atoms with Gasteiger partial charge in [-0.25, -0.2) is 4.39 Å². The van der Waals surface area contributed by atoms with Gasteiger partial charge in [0, 0.05) is 74.9 Å². The zero-order valence-corrected chi connectivity index (χ0v) is 26.2. The Bertz CT molecular complexity index is 1450. The Morgan fingerprint density at radius 1 is 0.955 bits per heavy atom. The van der Waals surface area contributed by atoms with Crippen molar-refractivity contribution in [1.82, 2.24) is 14.8 Å². The first kappa shape index (κ1) is 29.3. The highest BCUT2D eigenvalue weighted by molar-refractivity contribution is 5.94. The fourth-order valence-corrected chi connectivity index (χ4v) is 9.22. The first-order valence-corrected chi connectivity index (χ1v) is 16.6. The molecule has 1 aromatic heterocycles. The van der Waals surface area contributed by atoms with Gasteiger partial charge < -0.3 is 14.5 Å². The number of carbonyl (C=O) groups is 1. The minimum absolute atomic E-state index is 0.147. The van der Waals surface area contributed by atoms with Crippen LogP contribution >= 0.6 is 0 Å². The van der Waals surface area contributed by atoms with Crippen molar-refractivity contribution >= 4 is 11.6 Å². The van der Waals surface area contributed by atoms with Crippen molar-refractivity contribution in [2.24, 2.45) is 23.2 Å². The van der Waals surface area contributed by atoms with E-state index in [1.54, 1.807) is 18.5 Å². The molecule has 0 unspecified atom stereocenters. The lowest BCUT2D eigenvalue weighted by Crippen LogP contribution is -2.51. The van der Waals surface area contributed by atoms with E-state index in [-0.39, 0.29) is 11.7 Å². The summed E-state index contributed by atoms with van der Waals surface area (Å²) >= 11 is 0. The van der Waals surface area contributed by atoms with E-state index in [1.165, 1.54) is 38.5 Å². The van der Waals surface area contributed by atoms with E-state index in [1.807, 2.05) is 49.2 Å². The third-order valence-electron chi connectivity index (χ3n) is 10.7. The maximum Gasteiger partial charge on any atom is 0.253 e. The van der Waals surface area contributed by atoms with Crippen LogP contribution in [0.2, 0.25) is 0 Å². The summed E-state index contributed by atoms with van der Waals surface area (Å²) in [6.45, 7) is 7.68. The first-order valence-electron chi connectivity index (χ1n) is 16.6. The van der Waals surface area contributed by atoms with E-state index in [9.17, 15) is 4.79 Å². The Labute approximate surface area is 261 Å². The lowest BCUT2D eigenvalue weighted by Gasteiger charge is -2.57. The van der Waals surface area contributed by atoms with E-state index in [2.05, 4.69) is 26.9 Å². The monoisotopic (exact) mass is 596 g/mol. The standard InChI is InChI=1S/C37H45FN4O2/c1-3-44-33-18-31(22-39-23-33)34-9-4-26(17-35(34)38)24-41-10-12-42(13-11-41)32-7-5-30(6-8-32)36(43)40(2)25-37-19-27-14-28(20-37)16-29(15-27)21-37/h4-9,17-18,22-23,27-29H,3,10-16,19-21,24-25H2,1-2H3. The highest BCUT2D eigenvalue weighted by Gasteiger charge is 2.51. The molecule has 1 aliphatic heterocycles. The van der Waals surface area contributed by atoms with Crippen LogP contribution in [0, 0.1) is 29.0 Å². The molecule has 3 aromatic rings. The van der Waals surface area contributed by atoms with Crippen LogP contribution in [0.3, 0.4) is 0 Å². The molecule has 6 nitrogen and oxygen atoms in total. The normalized spacial score (nSPS) is 26.2. The molecule has 5 fully saturated rings. The van der Waals surface area contributed by atoms with Crippen molar-refractivity contribution in [3.8, 4) is 16.9 Å². The number of benzene rings is 2. The third kappa shape index (κ3) is 6.08. The van der Waals surface area contributed by atoms with Gasteiger partial charge in [-0.3, -0.25) is 14.7 Å². The van der Waals surface area contributed by atoms with Crippen LogP contribution in [0.1, 0.15) is 61.4 Å². The quantitative estimate of drug-likeness (QED) is 0.269. The average Bonchev–Trinajstić information content (AvgIpc) is 3.01. The molecule has 7 heteroatoms. The molecule has 232 valence electrons. The van der Waals surface area contributed by atoms with Crippen molar-refractivity contribution in [3.63, 3.8) is 0 Å². The van der Waals surface area contributed by atoms with Crippen molar-refractivity contribution in [2.45, 2.75) is 52.0 Å². The van der Waals surface area contributed by atoms with Gasteiger partial charge in [0.15, 0.2) is 0 Å². The molecule has 4 saturated carbocycles. The van der Waals surface area contributed by atoms with Gasteiger partial charge in [-0.1, -0.05) is 12.1 Å². The number of rotatable bonds is 9. The number of aromatic nitrogens is 1. The minimum Gasteiger partial charge on any atom is -0.492 e. The van der Waals surface area contributed by atoms with Crippen molar-refractivity contribution < 1.29 is 13.9 Å². The number of hydrogen-bond donors (Lipinski definition) is 0. The number of nitrogens with zero attached hydrogens (tertiary/aromatic N) is 4. The van der Waals surface area contributed by atoms with Crippen LogP contribution in [0.5, 0.6) is 5.75 Å². The second-order valence-electron chi connectivity index (χ2n) is 14.0. The summed E-state index contributed by atoms with van der Waals surface area (Å²) in [5, 5.41) is 0. The summed E-state index contributed by atoms with van der Waals surface area (Å²) in [5.41, 5.74) is 4.52. The number of ether oxygens (including phenoxy) is 1. The zero-order valence-electron chi connectivity index (χ0n) is 26.2. The fourth-order valence-electron chi connectivity index (χ4n) is 9.22. The number of hydrogen-bond acceptors (Lipinski definition) is 5. The predicted molar refractivity (Wildman–Crippen MR) is 172 cm³/mol. The van der Waals surface area contributed by atoms with Gasteiger partial charge in [0.05, 0.1) is 12.8 Å². The molecule has 1 amide bonds. The highest BCUT2D eigenvalue weighted by Crippen LogP contribution is 2.60. The van der Waals surface area contributed by atoms with Crippen LogP contribution in [0.15, 0.2) is 60.9 Å². The summed E-state index contributed by atoms with van der Waals surface area (Å²) in [4.78, 5) is 24.4. The SMILES string of the molecule is CCOc1cncc(-c2ccc(CN3CCN(c4ccc(C(=O)N(C)CC56CC7CC(CC(C7)C5)C6)cc4)CC3)cc2F)c1. The molecule has 0 radical (unpaired) electrons. The number of amides is 1. The number of pyridine rings is 1. The second-order valence-corrected chi connectivity index (χ2v) is 14.0. The Morgan fingerprint density at radius 3 is 2.27 bits per heavy atom. The van der Waals surface area contributed by atoms with E-state index in [0.717, 1.165) is 72.9 Å². The van der Waals surface area contributed by atoms with Gasteiger partial charge >= 0.3 is 0 Å². The summed E-state index contributed by atoms with van der Waals surface area (Å²) in [6.07, 6.45) is 11.6. The van der Waals surface area contributed by atoms with Crippen molar-refractivity contribution in [2.75, 3.05) is 51.3 Å². The summed E-state index contributed by atoms with van der Waals surface area (Å²) in [7, 11) is 2.00. The Hall–Kier alpha value is -3.45. The smallest absolute Gasteiger partial charge is 0.253 e. The maximum atomic E-state index is 15.1. The first-order chi connectivity index (χ1) is 21.4. The lowest BCUT2D eigenvalue weighted by molar-refractivity contribution is -0.0629. The minimum atomic E-state index is -0.241. The van der Waals surface area contributed by atoms with E-state index in [0.29, 0.717) is 29.9 Å². The zero-order chi connectivity index (χ0) is 30.3. The van der Waals surface area contributed by atoms with Gasteiger partial charge in [0.1, 0.15) is 11.6 Å². The highest BCUT2D eigenvalue weighted by atomic mass is 19.1. The van der Waals surface area contributed by atoms with Crippen LogP contribution in [0.25, 0.3) is 11.1 Å². The topological polar surface area (TPSA) is 48.9 Å². The molecule has 0 spiro atoms. The van der Waals surface area contributed by atoms with Crippen LogP contribution in [-0.2, 0) is 6.54 Å². The van der Waals surface area contributed by atoms with Crippen LogP contribution < -0.4 is 9.64 Å². The van der Waals surface area contributed by atoms with E-state index < -0.39 is 0 Å². The molecule has 5 aliphatic rings. The largest absolute Gasteiger partial charge is 0.492 e. The second kappa shape index (κ2) is 12.2. The van der Waals surface area contributed by atoms with Crippen molar-refractivity contribution in [3.05, 3.63) is 77.9 Å². The van der Waals surface area contributed by atoms with Crippen molar-refractivity contribution in [1.29, 1.82) is 0 Å². The van der Waals surface area contributed by atoms with Crippen LogP contribution in [-0.4, -0.2) is 67.1 Å². The molecule has 4 aliphatic carbocycles. The Morgan fingerprint density at radius 2 is 1.64 bits per heavy atom. The van der Waals surface area contributed by atoms with Gasteiger partial charge in [0.25, 0.3) is 5.91 Å². The third-order valence-corrected chi connectivity index (χ3v) is 10.7. The Kier molecular flexibility index (Phi) is 8.08. The summed E-state index contributed by atoms with van der Waals surface area (Å²) < 4.78 is 20.6. The van der Waals surface area contributed by atoms with Gasteiger partial charge in [-0.15, -0.1) is 0 Å².